The van der Waals surface area contributed by atoms with Crippen LogP contribution in [0, 0.1) is 5.82 Å². The Labute approximate surface area is 230 Å². The quantitative estimate of drug-likeness (QED) is 0.400. The molecule has 0 bridgehead atoms. The standard InChI is InChI=1S/C29H29ClFN5O3/c1-33-8-9-36(29(33)38)26-3-2-19(14-25(26)30)23-16-21(31)17-24(28(23)37)20-4-6-32-27(15-20)35-7-5-22(18-35)34-10-12-39-13-11-34/h2-4,6,8-9,14-17,22,37H,5,7,10-13,18H2,1H3/t22-/m0/s1. The van der Waals surface area contributed by atoms with Gasteiger partial charge in [0.15, 0.2) is 0 Å². The SMILES string of the molecule is Cn1ccn(-c2ccc(-c3cc(F)cc(-c4ccnc(N5CC[C@H](N6CCOCC6)C5)c4)c3O)cc2Cl)c1=O. The summed E-state index contributed by atoms with van der Waals surface area (Å²) in [5.41, 5.74) is 2.16. The summed E-state index contributed by atoms with van der Waals surface area (Å²) in [5.74, 6) is 0.264. The molecule has 0 saturated carbocycles. The Morgan fingerprint density at radius 1 is 1.03 bits per heavy atom. The second-order valence-electron chi connectivity index (χ2n) is 10.0. The molecule has 2 aliphatic rings. The molecule has 4 aromatic rings. The van der Waals surface area contributed by atoms with Crippen LogP contribution in [0.1, 0.15) is 6.42 Å². The highest BCUT2D eigenvalue weighted by molar-refractivity contribution is 6.32. The number of pyridine rings is 1. The Morgan fingerprint density at radius 2 is 1.77 bits per heavy atom. The van der Waals surface area contributed by atoms with Crippen molar-refractivity contribution in [2.45, 2.75) is 12.5 Å². The first-order valence-corrected chi connectivity index (χ1v) is 13.4. The highest BCUT2D eigenvalue weighted by Gasteiger charge is 2.29. The molecule has 0 aliphatic carbocycles. The van der Waals surface area contributed by atoms with Gasteiger partial charge in [0.25, 0.3) is 0 Å². The van der Waals surface area contributed by atoms with E-state index >= 15 is 0 Å². The average Bonchev–Trinajstić information content (AvgIpc) is 3.58. The van der Waals surface area contributed by atoms with Gasteiger partial charge in [-0.3, -0.25) is 9.47 Å². The van der Waals surface area contributed by atoms with Crippen LogP contribution in [0.5, 0.6) is 5.75 Å². The Bertz CT molecular complexity index is 1580. The number of aryl methyl sites for hydroxylation is 1. The Kier molecular flexibility index (Phi) is 6.88. The smallest absolute Gasteiger partial charge is 0.332 e. The van der Waals surface area contributed by atoms with E-state index < -0.39 is 5.82 Å². The number of imidazole rings is 1. The van der Waals surface area contributed by atoms with Gasteiger partial charge in [0.05, 0.1) is 23.9 Å². The number of aromatic nitrogens is 3. The molecule has 2 aliphatic heterocycles. The van der Waals surface area contributed by atoms with E-state index in [1.165, 1.54) is 21.3 Å². The van der Waals surface area contributed by atoms with Gasteiger partial charge in [0.1, 0.15) is 17.4 Å². The van der Waals surface area contributed by atoms with Crippen LogP contribution >= 0.6 is 11.6 Å². The van der Waals surface area contributed by atoms with Crippen LogP contribution in [0.3, 0.4) is 0 Å². The fourth-order valence-corrected chi connectivity index (χ4v) is 5.78. The first kappa shape index (κ1) is 25.6. The Hall–Kier alpha value is -3.66. The molecule has 2 saturated heterocycles. The van der Waals surface area contributed by atoms with Crippen molar-refractivity contribution in [2.24, 2.45) is 7.05 Å². The zero-order valence-corrected chi connectivity index (χ0v) is 22.3. The van der Waals surface area contributed by atoms with Crippen LogP contribution < -0.4 is 10.6 Å². The van der Waals surface area contributed by atoms with Crippen molar-refractivity contribution < 1.29 is 14.2 Å². The maximum absolute atomic E-state index is 14.9. The van der Waals surface area contributed by atoms with E-state index in [-0.39, 0.29) is 11.4 Å². The summed E-state index contributed by atoms with van der Waals surface area (Å²) >= 11 is 6.54. The van der Waals surface area contributed by atoms with Crippen molar-refractivity contribution in [1.82, 2.24) is 19.0 Å². The van der Waals surface area contributed by atoms with E-state index in [1.807, 2.05) is 6.07 Å². The zero-order chi connectivity index (χ0) is 27.1. The molecule has 1 N–H and O–H groups in total. The predicted molar refractivity (Wildman–Crippen MR) is 149 cm³/mol. The minimum absolute atomic E-state index is 0.0538. The topological polar surface area (TPSA) is 75.8 Å². The first-order valence-electron chi connectivity index (χ1n) is 13.0. The molecule has 2 aromatic carbocycles. The lowest BCUT2D eigenvalue weighted by molar-refractivity contribution is 0.0209. The molecule has 6 rings (SSSR count). The lowest BCUT2D eigenvalue weighted by Crippen LogP contribution is -2.44. The van der Waals surface area contributed by atoms with Crippen molar-refractivity contribution in [3.63, 3.8) is 0 Å². The number of rotatable bonds is 5. The molecule has 202 valence electrons. The number of hydrogen-bond acceptors (Lipinski definition) is 6. The molecule has 0 unspecified atom stereocenters. The third kappa shape index (κ3) is 4.93. The maximum Gasteiger partial charge on any atom is 0.332 e. The van der Waals surface area contributed by atoms with Gasteiger partial charge in [-0.05, 0) is 53.9 Å². The van der Waals surface area contributed by atoms with E-state index in [4.69, 9.17) is 16.3 Å². The van der Waals surface area contributed by atoms with E-state index in [1.54, 1.807) is 49.9 Å². The fraction of sp³-hybridized carbons (Fsp3) is 0.310. The van der Waals surface area contributed by atoms with Crippen LogP contribution in [0.15, 0.2) is 65.8 Å². The van der Waals surface area contributed by atoms with E-state index in [9.17, 15) is 14.3 Å². The fourth-order valence-electron chi connectivity index (χ4n) is 5.51. The molecular formula is C29H29ClFN5O3. The van der Waals surface area contributed by atoms with Gasteiger partial charge in [-0.1, -0.05) is 17.7 Å². The molecular weight excluding hydrogens is 521 g/mol. The van der Waals surface area contributed by atoms with Crippen LogP contribution in [0.25, 0.3) is 27.9 Å². The summed E-state index contributed by atoms with van der Waals surface area (Å²) < 4.78 is 23.3. The van der Waals surface area contributed by atoms with Gasteiger partial charge in [-0.15, -0.1) is 0 Å². The van der Waals surface area contributed by atoms with Crippen LogP contribution in [0.2, 0.25) is 5.02 Å². The van der Waals surface area contributed by atoms with Gasteiger partial charge >= 0.3 is 5.69 Å². The number of benzene rings is 2. The number of phenolic OH excluding ortho intramolecular Hbond substituents is 1. The van der Waals surface area contributed by atoms with Crippen molar-refractivity contribution in [3.05, 3.63) is 82.4 Å². The minimum atomic E-state index is -0.482. The minimum Gasteiger partial charge on any atom is -0.507 e. The van der Waals surface area contributed by atoms with Crippen LogP contribution in [-0.2, 0) is 11.8 Å². The third-order valence-corrected chi connectivity index (χ3v) is 7.95. The summed E-state index contributed by atoms with van der Waals surface area (Å²) in [6, 6.07) is 11.8. The predicted octanol–water partition coefficient (Wildman–Crippen LogP) is 4.31. The van der Waals surface area contributed by atoms with Gasteiger partial charge in [-0.2, -0.15) is 0 Å². The molecule has 39 heavy (non-hydrogen) atoms. The van der Waals surface area contributed by atoms with Crippen molar-refractivity contribution in [3.8, 4) is 33.7 Å². The molecule has 2 fully saturated rings. The number of morpholine rings is 1. The van der Waals surface area contributed by atoms with Crippen molar-refractivity contribution in [2.75, 3.05) is 44.3 Å². The van der Waals surface area contributed by atoms with Gasteiger partial charge in [-0.25, -0.2) is 14.2 Å². The average molecular weight is 550 g/mol. The van der Waals surface area contributed by atoms with Gasteiger partial charge in [0, 0.05) is 69.0 Å². The number of aromatic hydroxyl groups is 1. The lowest BCUT2D eigenvalue weighted by atomic mass is 9.97. The van der Waals surface area contributed by atoms with E-state index in [2.05, 4.69) is 14.8 Å². The summed E-state index contributed by atoms with van der Waals surface area (Å²) in [6.45, 7) is 5.17. The molecule has 10 heteroatoms. The van der Waals surface area contributed by atoms with Gasteiger partial charge < -0.3 is 19.3 Å². The van der Waals surface area contributed by atoms with Crippen LogP contribution in [-0.4, -0.2) is 69.6 Å². The molecule has 0 amide bonds. The molecule has 1 atom stereocenters. The number of halogens is 2. The van der Waals surface area contributed by atoms with Crippen molar-refractivity contribution >= 4 is 17.4 Å². The number of nitrogens with zero attached hydrogens (tertiary/aromatic N) is 5. The highest BCUT2D eigenvalue weighted by atomic mass is 35.5. The molecule has 4 heterocycles. The summed E-state index contributed by atoms with van der Waals surface area (Å²) in [4.78, 5) is 21.7. The largest absolute Gasteiger partial charge is 0.507 e. The normalized spacial score (nSPS) is 18.1. The highest BCUT2D eigenvalue weighted by Crippen LogP contribution is 2.41. The van der Waals surface area contributed by atoms with Gasteiger partial charge in [0.2, 0.25) is 0 Å². The maximum atomic E-state index is 14.9. The second-order valence-corrected chi connectivity index (χ2v) is 10.4. The molecule has 0 radical (unpaired) electrons. The monoisotopic (exact) mass is 549 g/mol. The Morgan fingerprint density at radius 3 is 2.46 bits per heavy atom. The van der Waals surface area contributed by atoms with Crippen molar-refractivity contribution in [1.29, 1.82) is 0 Å². The number of anilines is 1. The second kappa shape index (κ2) is 10.5. The Balaban J connectivity index is 1.30. The number of phenols is 1. The summed E-state index contributed by atoms with van der Waals surface area (Å²) in [7, 11) is 1.66. The molecule has 8 nitrogen and oxygen atoms in total. The number of ether oxygens (including phenoxy) is 1. The molecule has 0 spiro atoms. The third-order valence-electron chi connectivity index (χ3n) is 7.65. The summed E-state index contributed by atoms with van der Waals surface area (Å²) in [6.07, 6.45) is 6.02. The van der Waals surface area contributed by atoms with E-state index in [0.717, 1.165) is 51.6 Å². The van der Waals surface area contributed by atoms with E-state index in [0.29, 0.717) is 39.0 Å². The zero-order valence-electron chi connectivity index (χ0n) is 21.6. The van der Waals surface area contributed by atoms with Crippen LogP contribution in [0.4, 0.5) is 10.2 Å². The summed E-state index contributed by atoms with van der Waals surface area (Å²) in [5, 5.41) is 11.6. The molecule has 2 aromatic heterocycles. The lowest BCUT2D eigenvalue weighted by Gasteiger charge is -2.32. The number of hydrogen-bond donors (Lipinski definition) is 1. The first-order chi connectivity index (χ1) is 18.9.